The molecular weight excluding hydrogens is 597 g/mol. The van der Waals surface area contributed by atoms with Crippen molar-refractivity contribution in [3.63, 3.8) is 0 Å². The molecule has 9 rings (SSSR count). The quantitative estimate of drug-likeness (QED) is 0.184. The molecule has 0 saturated heterocycles. The normalized spacial score (nSPS) is 12.2. The Morgan fingerprint density at radius 1 is 0.449 bits per heavy atom. The Bertz CT molecular complexity index is 2480. The topological polar surface area (TPSA) is 38.9 Å². The van der Waals surface area contributed by atoms with Crippen molar-refractivity contribution in [3.05, 3.63) is 175 Å². The Morgan fingerprint density at radius 3 is 1.73 bits per heavy atom. The second kappa shape index (κ2) is 12.4. The van der Waals surface area contributed by atoms with Crippen LogP contribution in [-0.2, 0) is 6.42 Å². The summed E-state index contributed by atoms with van der Waals surface area (Å²) in [5.41, 5.74) is 13.7. The summed E-state index contributed by atoms with van der Waals surface area (Å²) in [7, 11) is 0. The average molecular weight is 629 g/mol. The van der Waals surface area contributed by atoms with E-state index in [-0.39, 0.29) is 0 Å². The molecule has 2 heterocycles. The number of hydrogen-bond acceptors (Lipinski definition) is 3. The number of allylic oxidation sites excluding steroid dienone is 1. The summed E-state index contributed by atoms with van der Waals surface area (Å²) in [5, 5.41) is 1.16. The van der Waals surface area contributed by atoms with Crippen LogP contribution in [0.2, 0.25) is 0 Å². The molecule has 232 valence electrons. The van der Waals surface area contributed by atoms with Crippen LogP contribution in [0.4, 0.5) is 0 Å². The van der Waals surface area contributed by atoms with Crippen molar-refractivity contribution >= 4 is 17.0 Å². The maximum atomic E-state index is 6.52. The zero-order valence-corrected chi connectivity index (χ0v) is 26.9. The maximum Gasteiger partial charge on any atom is 0.160 e. The zero-order valence-electron chi connectivity index (χ0n) is 26.9. The third-order valence-electron chi connectivity index (χ3n) is 9.35. The molecule has 0 atom stereocenters. The molecule has 8 aromatic rings. The molecule has 0 aliphatic heterocycles. The van der Waals surface area contributed by atoms with Crippen LogP contribution in [0.25, 0.3) is 84.3 Å². The lowest BCUT2D eigenvalue weighted by Gasteiger charge is -2.14. The molecule has 2 aromatic heterocycles. The molecule has 0 bridgehead atoms. The highest BCUT2D eigenvalue weighted by Crippen LogP contribution is 2.39. The average Bonchev–Trinajstić information content (AvgIpc) is 3.58. The predicted molar refractivity (Wildman–Crippen MR) is 202 cm³/mol. The molecule has 0 unspecified atom stereocenters. The van der Waals surface area contributed by atoms with Gasteiger partial charge in [-0.25, -0.2) is 9.97 Å². The van der Waals surface area contributed by atoms with Crippen LogP contribution >= 0.6 is 0 Å². The molecule has 0 fully saturated rings. The fraction of sp³-hybridized carbons (Fsp3) is 0.0435. The van der Waals surface area contributed by atoms with Crippen molar-refractivity contribution in [1.82, 2.24) is 9.97 Å². The van der Waals surface area contributed by atoms with Crippen LogP contribution in [0, 0.1) is 0 Å². The highest BCUT2D eigenvalue weighted by Gasteiger charge is 2.20. The molecule has 0 spiro atoms. The predicted octanol–water partition coefficient (Wildman–Crippen LogP) is 12.2. The minimum atomic E-state index is 0.669. The van der Waals surface area contributed by atoms with E-state index in [4.69, 9.17) is 14.4 Å². The third kappa shape index (κ3) is 5.56. The summed E-state index contributed by atoms with van der Waals surface area (Å²) in [6.07, 6.45) is 6.30. The molecule has 0 N–H and O–H groups in total. The van der Waals surface area contributed by atoms with Crippen molar-refractivity contribution in [2.24, 2.45) is 0 Å². The van der Waals surface area contributed by atoms with Gasteiger partial charge >= 0.3 is 0 Å². The first-order valence-corrected chi connectivity index (χ1v) is 16.8. The van der Waals surface area contributed by atoms with E-state index < -0.39 is 0 Å². The highest BCUT2D eigenvalue weighted by molar-refractivity contribution is 5.96. The van der Waals surface area contributed by atoms with Crippen LogP contribution in [0.3, 0.4) is 0 Å². The lowest BCUT2D eigenvalue weighted by Crippen LogP contribution is -1.97. The monoisotopic (exact) mass is 628 g/mol. The number of para-hydroxylation sites is 1. The molecule has 49 heavy (non-hydrogen) atoms. The molecule has 3 nitrogen and oxygen atoms in total. The van der Waals surface area contributed by atoms with Crippen molar-refractivity contribution in [2.45, 2.75) is 12.8 Å². The van der Waals surface area contributed by atoms with E-state index in [0.717, 1.165) is 79.9 Å². The minimum absolute atomic E-state index is 0.669. The van der Waals surface area contributed by atoms with Gasteiger partial charge < -0.3 is 4.42 Å². The highest BCUT2D eigenvalue weighted by atomic mass is 16.3. The van der Waals surface area contributed by atoms with Crippen molar-refractivity contribution in [3.8, 4) is 67.3 Å². The van der Waals surface area contributed by atoms with Gasteiger partial charge in [0.1, 0.15) is 11.3 Å². The molecule has 0 radical (unpaired) electrons. The summed E-state index contributed by atoms with van der Waals surface area (Å²) in [6.45, 7) is 0. The first kappa shape index (κ1) is 28.9. The fourth-order valence-electron chi connectivity index (χ4n) is 6.90. The van der Waals surface area contributed by atoms with E-state index in [0.29, 0.717) is 5.82 Å². The summed E-state index contributed by atoms with van der Waals surface area (Å²) in [6, 6.07) is 55.4. The summed E-state index contributed by atoms with van der Waals surface area (Å²) < 4.78 is 6.52. The molecule has 1 aliphatic carbocycles. The standard InChI is InChI=1S/C46H32N2O/c1-4-14-31(15-5-1)34-20-12-21-35(26-34)37-27-36(32-16-6-2-7-17-32)28-38(29-37)46-47-42(33-18-8-3-9-19-33)30-43(48-46)41-24-13-23-40-39-22-10-11-25-44(39)49-45(40)41/h1-9,11-21,23-30H,10,22H2. The molecule has 1 aliphatic rings. The van der Waals surface area contributed by atoms with Gasteiger partial charge in [-0.2, -0.15) is 0 Å². The van der Waals surface area contributed by atoms with E-state index in [1.165, 1.54) is 16.7 Å². The number of fused-ring (bicyclic) bond motifs is 3. The van der Waals surface area contributed by atoms with Gasteiger partial charge in [0.2, 0.25) is 0 Å². The van der Waals surface area contributed by atoms with Crippen molar-refractivity contribution in [1.29, 1.82) is 0 Å². The lowest BCUT2D eigenvalue weighted by atomic mass is 9.94. The first-order valence-electron chi connectivity index (χ1n) is 16.8. The number of aryl methyl sites for hydroxylation is 1. The Morgan fingerprint density at radius 2 is 1.00 bits per heavy atom. The van der Waals surface area contributed by atoms with Crippen LogP contribution in [0.5, 0.6) is 0 Å². The second-order valence-corrected chi connectivity index (χ2v) is 12.5. The van der Waals surface area contributed by atoms with Gasteiger partial charge in [-0.3, -0.25) is 0 Å². The third-order valence-corrected chi connectivity index (χ3v) is 9.35. The van der Waals surface area contributed by atoms with Gasteiger partial charge in [0.05, 0.1) is 11.4 Å². The van der Waals surface area contributed by atoms with Gasteiger partial charge in [0, 0.05) is 27.6 Å². The van der Waals surface area contributed by atoms with E-state index in [1.54, 1.807) is 0 Å². The molecule has 6 aromatic carbocycles. The van der Waals surface area contributed by atoms with Crippen LogP contribution in [0.1, 0.15) is 17.7 Å². The number of rotatable bonds is 6. The largest absolute Gasteiger partial charge is 0.456 e. The molecule has 0 amide bonds. The molecular formula is C46H32N2O. The summed E-state index contributed by atoms with van der Waals surface area (Å²) in [4.78, 5) is 10.5. The van der Waals surface area contributed by atoms with E-state index >= 15 is 0 Å². The van der Waals surface area contributed by atoms with Crippen LogP contribution in [0.15, 0.2) is 168 Å². The number of furan rings is 1. The molecule has 3 heteroatoms. The fourth-order valence-corrected chi connectivity index (χ4v) is 6.90. The number of aromatic nitrogens is 2. The van der Waals surface area contributed by atoms with Crippen molar-refractivity contribution < 1.29 is 4.42 Å². The summed E-state index contributed by atoms with van der Waals surface area (Å²) >= 11 is 0. The number of benzene rings is 6. The molecule has 0 saturated carbocycles. The summed E-state index contributed by atoms with van der Waals surface area (Å²) in [5.74, 6) is 1.62. The smallest absolute Gasteiger partial charge is 0.160 e. The maximum absolute atomic E-state index is 6.52. The van der Waals surface area contributed by atoms with Gasteiger partial charge in [-0.1, -0.05) is 127 Å². The van der Waals surface area contributed by atoms with E-state index in [9.17, 15) is 0 Å². The number of nitrogens with zero attached hydrogens (tertiary/aromatic N) is 2. The van der Waals surface area contributed by atoms with Gasteiger partial charge in [0.15, 0.2) is 5.82 Å². The Labute approximate surface area is 285 Å². The SMILES string of the molecule is C1=Cc2oc3c(-c4cc(-c5ccccc5)nc(-c5cc(-c6ccccc6)cc(-c6cccc(-c7ccccc7)c6)c5)n4)cccc3c2CC1. The minimum Gasteiger partial charge on any atom is -0.456 e. The lowest BCUT2D eigenvalue weighted by molar-refractivity contribution is 0.596. The van der Waals surface area contributed by atoms with Crippen LogP contribution in [-0.4, -0.2) is 9.97 Å². The van der Waals surface area contributed by atoms with Crippen LogP contribution < -0.4 is 0 Å². The van der Waals surface area contributed by atoms with Gasteiger partial charge in [-0.15, -0.1) is 0 Å². The first-order chi connectivity index (χ1) is 24.3. The second-order valence-electron chi connectivity index (χ2n) is 12.5. The Balaban J connectivity index is 1.26. The van der Waals surface area contributed by atoms with E-state index in [2.05, 4.69) is 164 Å². The van der Waals surface area contributed by atoms with Gasteiger partial charge in [0.25, 0.3) is 0 Å². The Hall–Kier alpha value is -6.32. The zero-order chi connectivity index (χ0) is 32.6. The van der Waals surface area contributed by atoms with E-state index in [1.807, 2.05) is 6.07 Å². The number of hydrogen-bond donors (Lipinski definition) is 0. The Kier molecular flexibility index (Phi) is 7.29. The van der Waals surface area contributed by atoms with Crippen molar-refractivity contribution in [2.75, 3.05) is 0 Å². The van der Waals surface area contributed by atoms with Gasteiger partial charge in [-0.05, 0) is 88.7 Å².